The molecular formula is C22H28N2O4S. The van der Waals surface area contributed by atoms with Crippen LogP contribution in [0.4, 0.5) is 0 Å². The van der Waals surface area contributed by atoms with Crippen LogP contribution < -0.4 is 9.46 Å². The summed E-state index contributed by atoms with van der Waals surface area (Å²) in [7, 11) is -2.33. The van der Waals surface area contributed by atoms with E-state index in [1.54, 1.807) is 11.0 Å². The number of carbonyl (C=O) groups is 1. The number of nitrogens with zero attached hydrogens (tertiary/aromatic N) is 1. The lowest BCUT2D eigenvalue weighted by atomic mass is 10.0. The molecule has 6 nitrogen and oxygen atoms in total. The zero-order chi connectivity index (χ0) is 21.0. The van der Waals surface area contributed by atoms with Crippen molar-refractivity contribution >= 4 is 15.9 Å². The lowest BCUT2D eigenvalue weighted by Gasteiger charge is -2.20. The third-order valence-electron chi connectivity index (χ3n) is 5.29. The SMILES string of the molecule is CC[C@@H](NS(=O)(=O)c1ccc(OC)c(C(=O)N2CCCC2)c1)c1ccc(C)cc1. The Kier molecular flexibility index (Phi) is 6.59. The summed E-state index contributed by atoms with van der Waals surface area (Å²) in [5.74, 6) is 0.188. The molecule has 3 rings (SSSR count). The van der Waals surface area contributed by atoms with Gasteiger partial charge < -0.3 is 9.64 Å². The van der Waals surface area contributed by atoms with Gasteiger partial charge in [0.25, 0.3) is 5.91 Å². The van der Waals surface area contributed by atoms with Gasteiger partial charge in [0.15, 0.2) is 0 Å². The number of amides is 1. The van der Waals surface area contributed by atoms with E-state index in [2.05, 4.69) is 4.72 Å². The first kappa shape index (κ1) is 21.3. The maximum Gasteiger partial charge on any atom is 0.257 e. The van der Waals surface area contributed by atoms with E-state index in [0.29, 0.717) is 25.3 Å². The molecule has 1 heterocycles. The number of hydrogen-bond acceptors (Lipinski definition) is 4. The topological polar surface area (TPSA) is 75.7 Å². The van der Waals surface area contributed by atoms with E-state index in [1.165, 1.54) is 19.2 Å². The van der Waals surface area contributed by atoms with Crippen molar-refractivity contribution in [3.8, 4) is 5.75 Å². The van der Waals surface area contributed by atoms with Crippen LogP contribution in [-0.4, -0.2) is 39.4 Å². The van der Waals surface area contributed by atoms with Gasteiger partial charge in [0, 0.05) is 19.1 Å². The Hall–Kier alpha value is -2.38. The van der Waals surface area contributed by atoms with Crippen LogP contribution in [0.3, 0.4) is 0 Å². The van der Waals surface area contributed by atoms with Crippen LogP contribution in [0.5, 0.6) is 5.75 Å². The maximum atomic E-state index is 13.1. The van der Waals surface area contributed by atoms with Crippen molar-refractivity contribution in [3.05, 3.63) is 59.2 Å². The van der Waals surface area contributed by atoms with Crippen molar-refractivity contribution in [1.29, 1.82) is 0 Å². The molecule has 1 N–H and O–H groups in total. The first-order valence-electron chi connectivity index (χ1n) is 9.92. The highest BCUT2D eigenvalue weighted by Gasteiger charge is 2.26. The Morgan fingerprint density at radius 3 is 2.38 bits per heavy atom. The number of carbonyl (C=O) groups excluding carboxylic acids is 1. The molecule has 1 amide bonds. The van der Waals surface area contributed by atoms with E-state index >= 15 is 0 Å². The van der Waals surface area contributed by atoms with Gasteiger partial charge in [-0.1, -0.05) is 36.8 Å². The molecule has 156 valence electrons. The second-order valence-electron chi connectivity index (χ2n) is 7.35. The summed E-state index contributed by atoms with van der Waals surface area (Å²) in [5.41, 5.74) is 2.30. The number of rotatable bonds is 7. The number of benzene rings is 2. The van der Waals surface area contributed by atoms with Gasteiger partial charge in [-0.15, -0.1) is 0 Å². The molecule has 29 heavy (non-hydrogen) atoms. The molecule has 0 spiro atoms. The van der Waals surface area contributed by atoms with E-state index in [9.17, 15) is 13.2 Å². The van der Waals surface area contributed by atoms with Gasteiger partial charge in [0.05, 0.1) is 17.6 Å². The van der Waals surface area contributed by atoms with E-state index in [0.717, 1.165) is 24.0 Å². The zero-order valence-electron chi connectivity index (χ0n) is 17.1. The predicted octanol–water partition coefficient (Wildman–Crippen LogP) is 3.67. The molecule has 0 saturated carbocycles. The van der Waals surface area contributed by atoms with E-state index in [4.69, 9.17) is 4.74 Å². The third-order valence-corrected chi connectivity index (χ3v) is 6.76. The summed E-state index contributed by atoms with van der Waals surface area (Å²) < 4.78 is 34.2. The van der Waals surface area contributed by atoms with Crippen LogP contribution in [0.1, 0.15) is 53.7 Å². The highest BCUT2D eigenvalue weighted by Crippen LogP contribution is 2.27. The lowest BCUT2D eigenvalue weighted by Crippen LogP contribution is -2.30. The average Bonchev–Trinajstić information content (AvgIpc) is 3.26. The van der Waals surface area contributed by atoms with Crippen molar-refractivity contribution in [2.75, 3.05) is 20.2 Å². The smallest absolute Gasteiger partial charge is 0.257 e. The largest absolute Gasteiger partial charge is 0.496 e. The summed E-state index contributed by atoms with van der Waals surface area (Å²) >= 11 is 0. The molecule has 0 aromatic heterocycles. The number of likely N-dealkylation sites (tertiary alicyclic amines) is 1. The third kappa shape index (κ3) is 4.79. The molecule has 1 fully saturated rings. The molecule has 0 unspecified atom stereocenters. The van der Waals surface area contributed by atoms with Crippen LogP contribution in [0.2, 0.25) is 0 Å². The summed E-state index contributed by atoms with van der Waals surface area (Å²) in [5, 5.41) is 0. The molecule has 0 aliphatic carbocycles. The lowest BCUT2D eigenvalue weighted by molar-refractivity contribution is 0.0789. The van der Waals surface area contributed by atoms with Crippen LogP contribution in [0.15, 0.2) is 47.4 Å². The minimum Gasteiger partial charge on any atom is -0.496 e. The minimum atomic E-state index is -3.81. The van der Waals surface area contributed by atoms with Crippen LogP contribution in [0.25, 0.3) is 0 Å². The number of aryl methyl sites for hydroxylation is 1. The van der Waals surface area contributed by atoms with Crippen LogP contribution in [0, 0.1) is 6.92 Å². The summed E-state index contributed by atoms with van der Waals surface area (Å²) in [6.45, 7) is 5.29. The van der Waals surface area contributed by atoms with Crippen molar-refractivity contribution in [2.45, 2.75) is 44.0 Å². The van der Waals surface area contributed by atoms with Gasteiger partial charge in [-0.2, -0.15) is 0 Å². The molecule has 0 bridgehead atoms. The molecule has 1 saturated heterocycles. The monoisotopic (exact) mass is 416 g/mol. The molecule has 2 aromatic rings. The quantitative estimate of drug-likeness (QED) is 0.747. The number of nitrogens with one attached hydrogen (secondary N) is 1. The molecule has 0 radical (unpaired) electrons. The maximum absolute atomic E-state index is 13.1. The van der Waals surface area contributed by atoms with Crippen molar-refractivity contribution in [2.24, 2.45) is 0 Å². The summed E-state index contributed by atoms with van der Waals surface area (Å²) in [4.78, 5) is 14.7. The minimum absolute atomic E-state index is 0.0615. The fourth-order valence-electron chi connectivity index (χ4n) is 3.55. The number of ether oxygens (including phenoxy) is 1. The average molecular weight is 417 g/mol. The van der Waals surface area contributed by atoms with Crippen molar-refractivity contribution in [1.82, 2.24) is 9.62 Å². The Morgan fingerprint density at radius 2 is 1.79 bits per heavy atom. The highest BCUT2D eigenvalue weighted by molar-refractivity contribution is 7.89. The van der Waals surface area contributed by atoms with Gasteiger partial charge in [0.2, 0.25) is 10.0 Å². The summed E-state index contributed by atoms with van der Waals surface area (Å²) in [6.07, 6.45) is 2.53. The fraction of sp³-hybridized carbons (Fsp3) is 0.409. The Balaban J connectivity index is 1.90. The molecule has 2 aromatic carbocycles. The van der Waals surface area contributed by atoms with Gasteiger partial charge in [0.1, 0.15) is 5.75 Å². The second kappa shape index (κ2) is 8.97. The Labute approximate surface area is 172 Å². The molecule has 7 heteroatoms. The fourth-order valence-corrected chi connectivity index (χ4v) is 4.89. The standard InChI is InChI=1S/C22H28N2O4S/c1-4-20(17-9-7-16(2)8-10-17)23-29(26,27)18-11-12-21(28-3)19(15-18)22(25)24-13-5-6-14-24/h7-12,15,20,23H,4-6,13-14H2,1-3H3/t20-/m1/s1. The molecular weight excluding hydrogens is 388 g/mol. The van der Waals surface area contributed by atoms with Gasteiger partial charge >= 0.3 is 0 Å². The predicted molar refractivity (Wildman–Crippen MR) is 113 cm³/mol. The number of methoxy groups -OCH3 is 1. The Morgan fingerprint density at radius 1 is 1.14 bits per heavy atom. The van der Waals surface area contributed by atoms with Crippen molar-refractivity contribution < 1.29 is 17.9 Å². The first-order valence-corrected chi connectivity index (χ1v) is 11.4. The van der Waals surface area contributed by atoms with Crippen LogP contribution in [-0.2, 0) is 10.0 Å². The van der Waals surface area contributed by atoms with E-state index < -0.39 is 10.0 Å². The second-order valence-corrected chi connectivity index (χ2v) is 9.07. The van der Waals surface area contributed by atoms with E-state index in [-0.39, 0.29) is 22.4 Å². The number of sulfonamides is 1. The van der Waals surface area contributed by atoms with Gasteiger partial charge in [-0.25, -0.2) is 13.1 Å². The molecule has 1 aliphatic heterocycles. The van der Waals surface area contributed by atoms with Crippen LogP contribution >= 0.6 is 0 Å². The van der Waals surface area contributed by atoms with Crippen molar-refractivity contribution in [3.63, 3.8) is 0 Å². The first-order chi connectivity index (χ1) is 13.9. The van der Waals surface area contributed by atoms with E-state index in [1.807, 2.05) is 38.1 Å². The van der Waals surface area contributed by atoms with Gasteiger partial charge in [-0.05, 0) is 49.9 Å². The summed E-state index contributed by atoms with van der Waals surface area (Å²) in [6, 6.07) is 11.9. The normalized spacial score (nSPS) is 15.3. The highest BCUT2D eigenvalue weighted by atomic mass is 32.2. The number of hydrogen-bond donors (Lipinski definition) is 1. The molecule has 1 atom stereocenters. The van der Waals surface area contributed by atoms with Gasteiger partial charge in [-0.3, -0.25) is 4.79 Å². The zero-order valence-corrected chi connectivity index (χ0v) is 18.0. The molecule has 1 aliphatic rings. The Bertz CT molecular complexity index is 965.